The minimum absolute atomic E-state index is 0.287. The fraction of sp³-hybridized carbons (Fsp3) is 0.769. The van der Waals surface area contributed by atoms with E-state index in [1.807, 2.05) is 0 Å². The van der Waals surface area contributed by atoms with Gasteiger partial charge in [0.05, 0.1) is 18.0 Å². The third-order valence-electron chi connectivity index (χ3n) is 4.22. The number of aryl methyl sites for hydroxylation is 1. The molecule has 0 saturated carbocycles. The number of rotatable bonds is 4. The maximum Gasteiger partial charge on any atom is 0.246 e. The molecule has 2 fully saturated rings. The topological polar surface area (TPSA) is 78.5 Å². The molecule has 0 spiro atoms. The van der Waals surface area contributed by atoms with Gasteiger partial charge >= 0.3 is 0 Å². The van der Waals surface area contributed by atoms with E-state index < -0.39 is 10.0 Å². The van der Waals surface area contributed by atoms with Crippen LogP contribution in [0.1, 0.15) is 18.5 Å². The number of H-pyrrole nitrogens is 1. The van der Waals surface area contributed by atoms with Crippen LogP contribution >= 0.6 is 0 Å². The Labute approximate surface area is 125 Å². The highest BCUT2D eigenvalue weighted by molar-refractivity contribution is 7.89. The Balaban J connectivity index is 1.59. The van der Waals surface area contributed by atoms with E-state index in [-0.39, 0.29) is 4.90 Å². The van der Waals surface area contributed by atoms with E-state index in [0.717, 1.165) is 39.1 Å². The molecule has 2 aliphatic heterocycles. The van der Waals surface area contributed by atoms with Gasteiger partial charge in [0.1, 0.15) is 4.90 Å². The number of hydrogen-bond acceptors (Lipinski definition) is 5. The standard InChI is InChI=1S/C13H22N4O3S/c1-11-13(9-14-15-11)21(18,19)17-6-4-16(5-7-17)10-12-3-2-8-20-12/h9,12H,2-8,10H2,1H3,(H,14,15). The van der Waals surface area contributed by atoms with Crippen LogP contribution in [0.15, 0.2) is 11.1 Å². The van der Waals surface area contributed by atoms with Crippen LogP contribution < -0.4 is 0 Å². The van der Waals surface area contributed by atoms with Crippen LogP contribution in [-0.4, -0.2) is 73.3 Å². The van der Waals surface area contributed by atoms with Crippen LogP contribution in [0.3, 0.4) is 0 Å². The van der Waals surface area contributed by atoms with E-state index in [0.29, 0.717) is 24.9 Å². The summed E-state index contributed by atoms with van der Waals surface area (Å²) in [5, 5.41) is 6.50. The van der Waals surface area contributed by atoms with Gasteiger partial charge in [-0.05, 0) is 19.8 Å². The van der Waals surface area contributed by atoms with Crippen LogP contribution in [0.5, 0.6) is 0 Å². The van der Waals surface area contributed by atoms with Gasteiger partial charge in [-0.2, -0.15) is 9.40 Å². The van der Waals surface area contributed by atoms with E-state index in [9.17, 15) is 8.42 Å². The minimum Gasteiger partial charge on any atom is -0.377 e. The first-order valence-corrected chi connectivity index (χ1v) is 8.85. The first-order chi connectivity index (χ1) is 10.1. The van der Waals surface area contributed by atoms with Gasteiger partial charge in [-0.15, -0.1) is 0 Å². The average molecular weight is 314 g/mol. The molecule has 0 aromatic carbocycles. The van der Waals surface area contributed by atoms with Crippen LogP contribution in [0.2, 0.25) is 0 Å². The lowest BCUT2D eigenvalue weighted by molar-refractivity contribution is 0.0617. The number of nitrogens with one attached hydrogen (secondary N) is 1. The quantitative estimate of drug-likeness (QED) is 0.859. The SMILES string of the molecule is Cc1[nH]ncc1S(=O)(=O)N1CCN(CC2CCCO2)CC1. The van der Waals surface area contributed by atoms with Crippen LogP contribution in [0.25, 0.3) is 0 Å². The van der Waals surface area contributed by atoms with E-state index in [4.69, 9.17) is 4.74 Å². The third kappa shape index (κ3) is 3.13. The number of aromatic nitrogens is 2. The van der Waals surface area contributed by atoms with Crippen molar-refractivity contribution in [3.63, 3.8) is 0 Å². The molecule has 3 heterocycles. The summed E-state index contributed by atoms with van der Waals surface area (Å²) in [6, 6.07) is 0. The summed E-state index contributed by atoms with van der Waals surface area (Å²) in [5.74, 6) is 0. The summed E-state index contributed by atoms with van der Waals surface area (Å²) in [6.07, 6.45) is 3.97. The molecule has 0 bridgehead atoms. The first kappa shape index (κ1) is 15.0. The van der Waals surface area contributed by atoms with Crippen molar-refractivity contribution in [2.75, 3.05) is 39.3 Å². The predicted molar refractivity (Wildman–Crippen MR) is 77.5 cm³/mol. The normalized spacial score (nSPS) is 25.5. The van der Waals surface area contributed by atoms with Crippen molar-refractivity contribution >= 4 is 10.0 Å². The molecule has 1 aromatic rings. The predicted octanol–water partition coefficient (Wildman–Crippen LogP) is 0.203. The van der Waals surface area contributed by atoms with Gasteiger partial charge < -0.3 is 4.74 Å². The van der Waals surface area contributed by atoms with Crippen molar-refractivity contribution in [2.45, 2.75) is 30.8 Å². The summed E-state index contributed by atoms with van der Waals surface area (Å²) in [7, 11) is -3.42. The molecule has 7 nitrogen and oxygen atoms in total. The molecule has 0 aliphatic carbocycles. The number of aromatic amines is 1. The Morgan fingerprint density at radius 2 is 2.14 bits per heavy atom. The van der Waals surface area contributed by atoms with Gasteiger partial charge in [-0.1, -0.05) is 0 Å². The Hall–Kier alpha value is -0.960. The van der Waals surface area contributed by atoms with Crippen molar-refractivity contribution in [1.29, 1.82) is 0 Å². The molecule has 2 saturated heterocycles. The highest BCUT2D eigenvalue weighted by Crippen LogP contribution is 2.20. The highest BCUT2D eigenvalue weighted by Gasteiger charge is 2.31. The molecular weight excluding hydrogens is 292 g/mol. The molecule has 0 amide bonds. The third-order valence-corrected chi connectivity index (χ3v) is 6.23. The molecule has 0 radical (unpaired) electrons. The molecule has 3 rings (SSSR count). The lowest BCUT2D eigenvalue weighted by atomic mass is 10.2. The Morgan fingerprint density at radius 3 is 2.71 bits per heavy atom. The Kier molecular flexibility index (Phi) is 4.30. The molecule has 118 valence electrons. The summed E-state index contributed by atoms with van der Waals surface area (Å²) < 4.78 is 32.3. The summed E-state index contributed by atoms with van der Waals surface area (Å²) in [6.45, 7) is 6.08. The van der Waals surface area contributed by atoms with E-state index in [2.05, 4.69) is 15.1 Å². The van der Waals surface area contributed by atoms with Crippen molar-refractivity contribution < 1.29 is 13.2 Å². The van der Waals surface area contributed by atoms with Crippen LogP contribution in [0, 0.1) is 6.92 Å². The Morgan fingerprint density at radius 1 is 1.38 bits per heavy atom. The summed E-state index contributed by atoms with van der Waals surface area (Å²) in [5.41, 5.74) is 0.594. The smallest absolute Gasteiger partial charge is 0.246 e. The largest absolute Gasteiger partial charge is 0.377 e. The maximum atomic E-state index is 12.5. The second-order valence-electron chi connectivity index (χ2n) is 5.70. The molecule has 1 unspecified atom stereocenters. The molecule has 2 aliphatic rings. The molecule has 1 atom stereocenters. The summed E-state index contributed by atoms with van der Waals surface area (Å²) in [4.78, 5) is 2.58. The fourth-order valence-corrected chi connectivity index (χ4v) is 4.51. The number of hydrogen-bond donors (Lipinski definition) is 1. The minimum atomic E-state index is -3.42. The van der Waals surface area contributed by atoms with Gasteiger partial charge in [0.25, 0.3) is 0 Å². The molecular formula is C13H22N4O3S. The van der Waals surface area contributed by atoms with Gasteiger partial charge in [0, 0.05) is 39.3 Å². The van der Waals surface area contributed by atoms with E-state index in [1.54, 1.807) is 11.2 Å². The number of ether oxygens (including phenoxy) is 1. The lowest BCUT2D eigenvalue weighted by Gasteiger charge is -2.34. The zero-order chi connectivity index (χ0) is 14.9. The van der Waals surface area contributed by atoms with Crippen molar-refractivity contribution in [3.8, 4) is 0 Å². The zero-order valence-corrected chi connectivity index (χ0v) is 13.1. The highest BCUT2D eigenvalue weighted by atomic mass is 32.2. The van der Waals surface area contributed by atoms with Gasteiger partial charge in [-0.3, -0.25) is 10.00 Å². The van der Waals surface area contributed by atoms with E-state index in [1.165, 1.54) is 6.20 Å². The van der Waals surface area contributed by atoms with Crippen LogP contribution in [0.4, 0.5) is 0 Å². The van der Waals surface area contributed by atoms with E-state index >= 15 is 0 Å². The van der Waals surface area contributed by atoms with Crippen LogP contribution in [-0.2, 0) is 14.8 Å². The van der Waals surface area contributed by atoms with Crippen molar-refractivity contribution in [3.05, 3.63) is 11.9 Å². The second-order valence-corrected chi connectivity index (χ2v) is 7.61. The fourth-order valence-electron chi connectivity index (χ4n) is 2.97. The second kappa shape index (κ2) is 6.04. The zero-order valence-electron chi connectivity index (χ0n) is 12.3. The molecule has 8 heteroatoms. The maximum absolute atomic E-state index is 12.5. The molecule has 1 aromatic heterocycles. The van der Waals surface area contributed by atoms with Gasteiger partial charge in [-0.25, -0.2) is 8.42 Å². The molecule has 21 heavy (non-hydrogen) atoms. The lowest BCUT2D eigenvalue weighted by Crippen LogP contribution is -2.50. The number of sulfonamides is 1. The number of piperazine rings is 1. The average Bonchev–Trinajstić information content (AvgIpc) is 3.11. The summed E-state index contributed by atoms with van der Waals surface area (Å²) >= 11 is 0. The number of nitrogens with zero attached hydrogens (tertiary/aromatic N) is 3. The van der Waals surface area contributed by atoms with Crippen molar-refractivity contribution in [2.24, 2.45) is 0 Å². The van der Waals surface area contributed by atoms with Crippen molar-refractivity contribution in [1.82, 2.24) is 19.4 Å². The molecule has 1 N–H and O–H groups in total. The van der Waals surface area contributed by atoms with Gasteiger partial charge in [0.15, 0.2) is 0 Å². The van der Waals surface area contributed by atoms with Gasteiger partial charge in [0.2, 0.25) is 10.0 Å². The Bertz CT molecular complexity index is 572. The first-order valence-electron chi connectivity index (χ1n) is 7.41. The monoisotopic (exact) mass is 314 g/mol.